The molecule has 0 aliphatic heterocycles. The molecule has 0 saturated heterocycles. The van der Waals surface area contributed by atoms with Crippen molar-refractivity contribution in [3.8, 4) is 5.75 Å². The molecule has 0 aromatic heterocycles. The summed E-state index contributed by atoms with van der Waals surface area (Å²) in [6, 6.07) is 3.87. The van der Waals surface area contributed by atoms with E-state index in [1.165, 1.54) is 35.7 Å². The van der Waals surface area contributed by atoms with Crippen LogP contribution in [-0.4, -0.2) is 39.8 Å². The predicted octanol–water partition coefficient (Wildman–Crippen LogP) is 3.44. The van der Waals surface area contributed by atoms with Crippen LogP contribution in [0.1, 0.15) is 24.8 Å². The first-order valence-corrected chi connectivity index (χ1v) is 9.17. The summed E-state index contributed by atoms with van der Waals surface area (Å²) in [5.41, 5.74) is 2.70. The highest BCUT2D eigenvalue weighted by atomic mass is 32.2. The number of thioether (sulfide) groups is 1. The average Bonchev–Trinajstić information content (AvgIpc) is 3.03. The topological polar surface area (TPSA) is 87.8 Å². The van der Waals surface area contributed by atoms with Gasteiger partial charge in [-0.25, -0.2) is 0 Å². The third-order valence-electron chi connectivity index (χ3n) is 3.68. The van der Waals surface area contributed by atoms with Crippen molar-refractivity contribution in [2.24, 2.45) is 4.99 Å². The maximum absolute atomic E-state index is 10.8. The van der Waals surface area contributed by atoms with E-state index in [2.05, 4.69) is 10.3 Å². The third-order valence-corrected chi connectivity index (χ3v) is 5.04. The molecule has 128 valence electrons. The maximum atomic E-state index is 10.8. The summed E-state index contributed by atoms with van der Waals surface area (Å²) in [7, 11) is 0. The highest BCUT2D eigenvalue weighted by Gasteiger charge is 2.17. The Morgan fingerprint density at radius 3 is 3.04 bits per heavy atom. The van der Waals surface area contributed by atoms with Gasteiger partial charge in [-0.2, -0.15) is 0 Å². The Morgan fingerprint density at radius 2 is 2.33 bits per heavy atom. The number of non-ortho nitro benzene ring substituents is 1. The fourth-order valence-electron chi connectivity index (χ4n) is 2.48. The van der Waals surface area contributed by atoms with E-state index in [0.29, 0.717) is 18.7 Å². The van der Waals surface area contributed by atoms with Gasteiger partial charge in [-0.3, -0.25) is 15.1 Å². The van der Waals surface area contributed by atoms with Crippen LogP contribution in [0, 0.1) is 10.1 Å². The SMILES string of the molecule is CSC(=S)C1=C(NCCN=Cc2cc([N+](=O)[O-])ccc2O)CCC1. The number of phenols is 1. The first-order valence-electron chi connectivity index (χ1n) is 7.54. The molecule has 2 N–H and O–H groups in total. The Bertz CT molecular complexity index is 702. The lowest BCUT2D eigenvalue weighted by atomic mass is 10.2. The van der Waals surface area contributed by atoms with Gasteiger partial charge in [0.15, 0.2) is 0 Å². The zero-order valence-electron chi connectivity index (χ0n) is 13.3. The van der Waals surface area contributed by atoms with E-state index in [4.69, 9.17) is 12.2 Å². The number of aliphatic imine (C=N–C) groups is 1. The van der Waals surface area contributed by atoms with Gasteiger partial charge in [0, 0.05) is 36.2 Å². The molecule has 0 atom stereocenters. The van der Waals surface area contributed by atoms with Crippen molar-refractivity contribution in [1.29, 1.82) is 0 Å². The molecule has 0 radical (unpaired) electrons. The summed E-state index contributed by atoms with van der Waals surface area (Å²) in [5.74, 6) is -0.0246. The van der Waals surface area contributed by atoms with Crippen LogP contribution in [-0.2, 0) is 0 Å². The van der Waals surface area contributed by atoms with Crippen molar-refractivity contribution in [3.05, 3.63) is 45.1 Å². The number of aromatic hydroxyl groups is 1. The molecule has 1 aliphatic rings. The Balaban J connectivity index is 1.90. The number of phenolic OH excluding ortho intramolecular Hbond substituents is 1. The smallest absolute Gasteiger partial charge is 0.270 e. The number of thiocarbonyl (C=S) groups is 1. The molecule has 24 heavy (non-hydrogen) atoms. The molecule has 6 nitrogen and oxygen atoms in total. The minimum atomic E-state index is -0.499. The zero-order chi connectivity index (χ0) is 17.5. The molecular weight excluding hydrogens is 346 g/mol. The summed E-state index contributed by atoms with van der Waals surface area (Å²) < 4.78 is 0.944. The molecule has 2 rings (SSSR count). The van der Waals surface area contributed by atoms with Crippen LogP contribution in [0.2, 0.25) is 0 Å². The van der Waals surface area contributed by atoms with E-state index in [0.717, 1.165) is 23.5 Å². The maximum Gasteiger partial charge on any atom is 0.270 e. The quantitative estimate of drug-likeness (QED) is 0.253. The van der Waals surface area contributed by atoms with E-state index >= 15 is 0 Å². The second-order valence-corrected chi connectivity index (χ2v) is 6.75. The zero-order valence-corrected chi connectivity index (χ0v) is 15.0. The normalized spacial score (nSPS) is 14.4. The van der Waals surface area contributed by atoms with Crippen LogP contribution in [0.25, 0.3) is 0 Å². The number of hydrogen-bond donors (Lipinski definition) is 2. The number of hydrogen-bond acceptors (Lipinski definition) is 7. The number of nitro groups is 1. The Morgan fingerprint density at radius 1 is 1.54 bits per heavy atom. The molecule has 1 aromatic carbocycles. The van der Waals surface area contributed by atoms with Crippen molar-refractivity contribution in [1.82, 2.24) is 5.32 Å². The van der Waals surface area contributed by atoms with Gasteiger partial charge in [0.1, 0.15) is 5.75 Å². The van der Waals surface area contributed by atoms with Crippen molar-refractivity contribution < 1.29 is 10.0 Å². The lowest BCUT2D eigenvalue weighted by Gasteiger charge is -2.09. The highest BCUT2D eigenvalue weighted by molar-refractivity contribution is 8.23. The number of benzene rings is 1. The van der Waals surface area contributed by atoms with Crippen molar-refractivity contribution in [2.45, 2.75) is 19.3 Å². The van der Waals surface area contributed by atoms with E-state index < -0.39 is 4.92 Å². The average molecular weight is 365 g/mol. The lowest BCUT2D eigenvalue weighted by Crippen LogP contribution is -2.18. The van der Waals surface area contributed by atoms with E-state index in [1.54, 1.807) is 11.8 Å². The minimum Gasteiger partial charge on any atom is -0.507 e. The fourth-order valence-corrected chi connectivity index (χ4v) is 3.18. The highest BCUT2D eigenvalue weighted by Crippen LogP contribution is 2.28. The fraction of sp³-hybridized carbons (Fsp3) is 0.375. The number of nitrogens with one attached hydrogen (secondary N) is 1. The van der Waals surface area contributed by atoms with Gasteiger partial charge in [0.2, 0.25) is 0 Å². The van der Waals surface area contributed by atoms with Crippen LogP contribution >= 0.6 is 24.0 Å². The molecule has 0 unspecified atom stereocenters. The monoisotopic (exact) mass is 365 g/mol. The van der Waals surface area contributed by atoms with Crippen LogP contribution in [0.5, 0.6) is 5.75 Å². The molecule has 8 heteroatoms. The summed E-state index contributed by atoms with van der Waals surface area (Å²) in [4.78, 5) is 14.5. The molecule has 0 fully saturated rings. The van der Waals surface area contributed by atoms with Gasteiger partial charge in [-0.05, 0) is 37.2 Å². The van der Waals surface area contributed by atoms with Gasteiger partial charge in [-0.1, -0.05) is 12.2 Å². The first kappa shape index (κ1) is 18.4. The van der Waals surface area contributed by atoms with Crippen molar-refractivity contribution in [3.63, 3.8) is 0 Å². The minimum absolute atomic E-state index is 0.0246. The molecule has 0 spiro atoms. The van der Waals surface area contributed by atoms with E-state index in [9.17, 15) is 15.2 Å². The van der Waals surface area contributed by atoms with E-state index in [1.807, 2.05) is 6.26 Å². The number of nitro benzene ring substituents is 1. The van der Waals surface area contributed by atoms with Crippen LogP contribution in [0.3, 0.4) is 0 Å². The number of allylic oxidation sites excluding steroid dienone is 1. The molecule has 0 bridgehead atoms. The number of nitrogens with zero attached hydrogens (tertiary/aromatic N) is 2. The van der Waals surface area contributed by atoms with Gasteiger partial charge in [-0.15, -0.1) is 11.8 Å². The van der Waals surface area contributed by atoms with Crippen LogP contribution in [0.4, 0.5) is 5.69 Å². The van der Waals surface area contributed by atoms with Crippen LogP contribution in [0.15, 0.2) is 34.5 Å². The second-order valence-electron chi connectivity index (χ2n) is 5.26. The molecule has 0 heterocycles. The largest absolute Gasteiger partial charge is 0.507 e. The predicted molar refractivity (Wildman–Crippen MR) is 102 cm³/mol. The summed E-state index contributed by atoms with van der Waals surface area (Å²) in [6.07, 6.45) is 6.59. The molecular formula is C16H19N3O3S2. The first-order chi connectivity index (χ1) is 11.5. The number of rotatable bonds is 7. The summed E-state index contributed by atoms with van der Waals surface area (Å²) in [6.45, 7) is 1.16. The Kier molecular flexibility index (Phi) is 6.74. The van der Waals surface area contributed by atoms with Crippen molar-refractivity contribution in [2.75, 3.05) is 19.3 Å². The van der Waals surface area contributed by atoms with Gasteiger partial charge in [0.25, 0.3) is 5.69 Å². The summed E-state index contributed by atoms with van der Waals surface area (Å²) >= 11 is 6.95. The summed E-state index contributed by atoms with van der Waals surface area (Å²) in [5, 5.41) is 23.8. The molecule has 0 amide bonds. The van der Waals surface area contributed by atoms with Crippen LogP contribution < -0.4 is 5.32 Å². The lowest BCUT2D eigenvalue weighted by molar-refractivity contribution is -0.384. The second kappa shape index (κ2) is 8.79. The Labute approximate surface area is 150 Å². The van der Waals surface area contributed by atoms with Crippen molar-refractivity contribution >= 4 is 40.1 Å². The van der Waals surface area contributed by atoms with Gasteiger partial charge < -0.3 is 10.4 Å². The molecule has 1 aromatic rings. The van der Waals surface area contributed by atoms with Gasteiger partial charge >= 0.3 is 0 Å². The standard InChI is InChI=1S/C16H19N3O3S2/c1-24-16(23)13-3-2-4-14(13)18-8-7-17-10-11-9-12(19(21)22)5-6-15(11)20/h5-6,9-10,18,20H,2-4,7-8H2,1H3. The molecule has 1 aliphatic carbocycles. The van der Waals surface area contributed by atoms with Gasteiger partial charge in [0.05, 0.1) is 15.7 Å². The van der Waals surface area contributed by atoms with E-state index in [-0.39, 0.29) is 11.4 Å². The molecule has 0 saturated carbocycles. The Hall–Kier alpha value is -1.93. The third kappa shape index (κ3) is 4.78.